The highest BCUT2D eigenvalue weighted by Crippen LogP contribution is 2.46. The maximum absolute atomic E-state index is 11.4. The predicted octanol–water partition coefficient (Wildman–Crippen LogP) is 3.13. The van der Waals surface area contributed by atoms with E-state index in [1.165, 1.54) is 37.0 Å². The summed E-state index contributed by atoms with van der Waals surface area (Å²) in [6.45, 7) is 1.57. The van der Waals surface area contributed by atoms with Gasteiger partial charge in [-0.15, -0.1) is 11.3 Å². The fourth-order valence-electron chi connectivity index (χ4n) is 2.45. The second-order valence-electron chi connectivity index (χ2n) is 5.30. The van der Waals surface area contributed by atoms with Gasteiger partial charge < -0.3 is 11.1 Å². The van der Waals surface area contributed by atoms with E-state index in [2.05, 4.69) is 5.32 Å². The topological polar surface area (TPSA) is 55.1 Å². The average Bonchev–Trinajstić information content (AvgIpc) is 3.14. The second-order valence-corrected chi connectivity index (χ2v) is 6.35. The minimum atomic E-state index is 0.0648. The van der Waals surface area contributed by atoms with E-state index in [0.717, 1.165) is 16.8 Å². The number of hydrogen-bond donors (Lipinski definition) is 2. The molecule has 3 N–H and O–H groups in total. The summed E-state index contributed by atoms with van der Waals surface area (Å²) >= 11 is 1.50. The van der Waals surface area contributed by atoms with Crippen LogP contribution in [-0.2, 0) is 0 Å². The minimum Gasteiger partial charge on any atom is -0.397 e. The van der Waals surface area contributed by atoms with Crippen LogP contribution in [-0.4, -0.2) is 11.8 Å². The molecule has 0 aromatic carbocycles. The van der Waals surface area contributed by atoms with Crippen LogP contribution in [0.1, 0.15) is 42.3 Å². The van der Waals surface area contributed by atoms with Crippen molar-refractivity contribution in [2.24, 2.45) is 11.8 Å². The number of rotatable bonds is 5. The number of ketones is 1. The number of carbonyl (C=O) groups excluding carboxylic acids is 1. The summed E-state index contributed by atoms with van der Waals surface area (Å²) < 4.78 is 0. The molecule has 2 saturated carbocycles. The Morgan fingerprint density at radius 1 is 1.41 bits per heavy atom. The Morgan fingerprint density at radius 2 is 2.00 bits per heavy atom. The smallest absolute Gasteiger partial charge is 0.171 e. The Bertz CT molecular complexity index is 434. The number of anilines is 2. The van der Waals surface area contributed by atoms with Crippen molar-refractivity contribution in [2.45, 2.75) is 38.6 Å². The number of nitrogens with one attached hydrogen (secondary N) is 1. The number of carbonyl (C=O) groups is 1. The van der Waals surface area contributed by atoms with Gasteiger partial charge in [0.1, 0.15) is 0 Å². The average molecular weight is 250 g/mol. The van der Waals surface area contributed by atoms with Crippen LogP contribution in [0, 0.1) is 11.8 Å². The van der Waals surface area contributed by atoms with Gasteiger partial charge in [0.2, 0.25) is 0 Å². The van der Waals surface area contributed by atoms with Crippen molar-refractivity contribution in [3.8, 4) is 0 Å². The highest BCUT2D eigenvalue weighted by molar-refractivity contribution is 7.18. The maximum atomic E-state index is 11.4. The molecule has 0 unspecified atom stereocenters. The van der Waals surface area contributed by atoms with E-state index in [0.29, 0.717) is 16.6 Å². The monoisotopic (exact) mass is 250 g/mol. The molecule has 3 nitrogen and oxygen atoms in total. The van der Waals surface area contributed by atoms with Crippen molar-refractivity contribution in [2.75, 3.05) is 11.1 Å². The fourth-order valence-corrected chi connectivity index (χ4v) is 3.37. The fraction of sp³-hybridized carbons (Fsp3) is 0.615. The third kappa shape index (κ3) is 2.32. The molecule has 2 aliphatic rings. The molecule has 3 rings (SSSR count). The molecule has 0 atom stereocenters. The lowest BCUT2D eigenvalue weighted by Crippen LogP contribution is -2.23. The van der Waals surface area contributed by atoms with Crippen LogP contribution in [0.2, 0.25) is 0 Å². The van der Waals surface area contributed by atoms with Crippen molar-refractivity contribution >= 4 is 27.8 Å². The van der Waals surface area contributed by atoms with Crippen molar-refractivity contribution in [1.29, 1.82) is 0 Å². The SMILES string of the molecule is CC(=O)c1sc(NC(C2CC2)C2CC2)cc1N. The lowest BCUT2D eigenvalue weighted by molar-refractivity contribution is 0.102. The summed E-state index contributed by atoms with van der Waals surface area (Å²) in [5.41, 5.74) is 6.47. The first-order valence-electron chi connectivity index (χ1n) is 6.32. The molecule has 1 aromatic heterocycles. The first-order valence-corrected chi connectivity index (χ1v) is 7.13. The Labute approximate surface area is 105 Å². The molecule has 1 aromatic rings. The minimum absolute atomic E-state index is 0.0648. The van der Waals surface area contributed by atoms with Gasteiger partial charge in [0.05, 0.1) is 15.6 Å². The summed E-state index contributed by atoms with van der Waals surface area (Å²) in [6, 6.07) is 2.53. The van der Waals surface area contributed by atoms with E-state index < -0.39 is 0 Å². The molecule has 2 aliphatic carbocycles. The zero-order chi connectivity index (χ0) is 12.0. The molecule has 2 fully saturated rings. The Balaban J connectivity index is 1.74. The molecule has 0 amide bonds. The number of thiophene rings is 1. The molecule has 4 heteroatoms. The largest absolute Gasteiger partial charge is 0.397 e. The highest BCUT2D eigenvalue weighted by atomic mass is 32.1. The van der Waals surface area contributed by atoms with Crippen molar-refractivity contribution in [1.82, 2.24) is 0 Å². The summed E-state index contributed by atoms with van der Waals surface area (Å²) in [7, 11) is 0. The molecular formula is C13H18N2OS. The Morgan fingerprint density at radius 3 is 2.41 bits per heavy atom. The van der Waals surface area contributed by atoms with E-state index in [1.54, 1.807) is 6.92 Å². The Kier molecular flexibility index (Phi) is 2.62. The van der Waals surface area contributed by atoms with Gasteiger partial charge in [-0.3, -0.25) is 4.79 Å². The van der Waals surface area contributed by atoms with Crippen LogP contribution in [0.4, 0.5) is 10.7 Å². The molecule has 0 radical (unpaired) electrons. The second kappa shape index (κ2) is 4.02. The van der Waals surface area contributed by atoms with Crippen LogP contribution in [0.3, 0.4) is 0 Å². The lowest BCUT2D eigenvalue weighted by Gasteiger charge is -2.17. The first kappa shape index (κ1) is 11.1. The standard InChI is InChI=1S/C13H18N2OS/c1-7(16)13-10(14)6-11(17-13)15-12(8-2-3-8)9-4-5-9/h6,8-9,12,15H,2-5,14H2,1H3. The third-order valence-electron chi connectivity index (χ3n) is 3.65. The van der Waals surface area contributed by atoms with Crippen molar-refractivity contribution in [3.05, 3.63) is 10.9 Å². The van der Waals surface area contributed by atoms with Crippen molar-refractivity contribution in [3.63, 3.8) is 0 Å². The molecule has 1 heterocycles. The van der Waals surface area contributed by atoms with E-state index in [4.69, 9.17) is 5.73 Å². The zero-order valence-electron chi connectivity index (χ0n) is 10.0. The number of hydrogen-bond acceptors (Lipinski definition) is 4. The van der Waals surface area contributed by atoms with Crippen LogP contribution in [0.15, 0.2) is 6.07 Å². The molecule has 0 bridgehead atoms. The molecule has 0 spiro atoms. The van der Waals surface area contributed by atoms with Gasteiger partial charge >= 0.3 is 0 Å². The summed E-state index contributed by atoms with van der Waals surface area (Å²) in [4.78, 5) is 12.1. The third-order valence-corrected chi connectivity index (χ3v) is 4.83. The number of nitrogens with two attached hydrogens (primary N) is 1. The number of nitrogen functional groups attached to an aromatic ring is 1. The van der Waals surface area contributed by atoms with E-state index >= 15 is 0 Å². The lowest BCUT2D eigenvalue weighted by atomic mass is 10.1. The normalized spacial score (nSPS) is 19.6. The highest BCUT2D eigenvalue weighted by Gasteiger charge is 2.41. The van der Waals surface area contributed by atoms with E-state index in [9.17, 15) is 4.79 Å². The van der Waals surface area contributed by atoms with Crippen LogP contribution < -0.4 is 11.1 Å². The van der Waals surface area contributed by atoms with E-state index in [1.807, 2.05) is 6.07 Å². The van der Waals surface area contributed by atoms with Gasteiger partial charge in [-0.05, 0) is 43.6 Å². The van der Waals surface area contributed by atoms with Crippen LogP contribution in [0.25, 0.3) is 0 Å². The zero-order valence-corrected chi connectivity index (χ0v) is 10.8. The maximum Gasteiger partial charge on any atom is 0.171 e. The summed E-state index contributed by atoms with van der Waals surface area (Å²) in [6.07, 6.45) is 5.42. The summed E-state index contributed by atoms with van der Waals surface area (Å²) in [5.74, 6) is 1.77. The summed E-state index contributed by atoms with van der Waals surface area (Å²) in [5, 5.41) is 4.67. The quantitative estimate of drug-likeness (QED) is 0.789. The van der Waals surface area contributed by atoms with Crippen LogP contribution >= 0.6 is 11.3 Å². The Hall–Kier alpha value is -1.03. The van der Waals surface area contributed by atoms with Gasteiger partial charge in [-0.1, -0.05) is 0 Å². The van der Waals surface area contributed by atoms with Gasteiger partial charge in [-0.25, -0.2) is 0 Å². The molecule has 0 saturated heterocycles. The molecular weight excluding hydrogens is 232 g/mol. The molecule has 92 valence electrons. The van der Waals surface area contributed by atoms with Gasteiger partial charge in [-0.2, -0.15) is 0 Å². The van der Waals surface area contributed by atoms with E-state index in [-0.39, 0.29) is 5.78 Å². The van der Waals surface area contributed by atoms with Gasteiger partial charge in [0.25, 0.3) is 0 Å². The molecule has 0 aliphatic heterocycles. The predicted molar refractivity (Wildman–Crippen MR) is 71.6 cm³/mol. The van der Waals surface area contributed by atoms with Crippen LogP contribution in [0.5, 0.6) is 0 Å². The number of Topliss-reactive ketones (excluding diaryl/α,β-unsaturated/α-hetero) is 1. The van der Waals surface area contributed by atoms with Crippen molar-refractivity contribution < 1.29 is 4.79 Å². The van der Waals surface area contributed by atoms with Gasteiger partial charge in [0.15, 0.2) is 5.78 Å². The van der Waals surface area contributed by atoms with Gasteiger partial charge in [0, 0.05) is 13.0 Å². The first-order chi connectivity index (χ1) is 8.15. The molecule has 17 heavy (non-hydrogen) atoms.